The van der Waals surface area contributed by atoms with Crippen LogP contribution in [0.3, 0.4) is 0 Å². The second-order valence-electron chi connectivity index (χ2n) is 11.9. The molecule has 0 aromatic heterocycles. The zero-order valence-corrected chi connectivity index (χ0v) is 21.9. The molecule has 1 amide bonds. The van der Waals surface area contributed by atoms with Crippen molar-refractivity contribution in [2.24, 2.45) is 5.73 Å². The van der Waals surface area contributed by atoms with Crippen LogP contribution in [0.25, 0.3) is 0 Å². The highest BCUT2D eigenvalue weighted by molar-refractivity contribution is 5.79. The van der Waals surface area contributed by atoms with Crippen LogP contribution in [0.1, 0.15) is 64.0 Å². The smallest absolute Gasteiger partial charge is 0.323 e. The number of nitrogens with two attached hydrogens (primary N) is 1. The van der Waals surface area contributed by atoms with Crippen molar-refractivity contribution in [3.8, 4) is 11.5 Å². The summed E-state index contributed by atoms with van der Waals surface area (Å²) in [6.07, 6.45) is 3.11. The van der Waals surface area contributed by atoms with E-state index in [-0.39, 0.29) is 36.8 Å². The Kier molecular flexibility index (Phi) is 6.04. The molecule has 9 heteroatoms. The molecule has 198 valence electrons. The van der Waals surface area contributed by atoms with Crippen LogP contribution in [0, 0.1) is 0 Å². The highest BCUT2D eigenvalue weighted by Crippen LogP contribution is 2.66. The predicted molar refractivity (Wildman–Crippen MR) is 133 cm³/mol. The average molecular weight is 502 g/mol. The Balaban J connectivity index is 1.54. The Morgan fingerprint density at radius 3 is 2.75 bits per heavy atom. The number of nitrogens with one attached hydrogen (secondary N) is 1. The van der Waals surface area contributed by atoms with Crippen LogP contribution < -0.4 is 15.8 Å². The number of primary amides is 1. The van der Waals surface area contributed by atoms with E-state index in [0.29, 0.717) is 12.2 Å². The number of likely N-dealkylation sites (tertiary alicyclic amines) is 1. The zero-order valence-electron chi connectivity index (χ0n) is 21.9. The quantitative estimate of drug-likeness (QED) is 0.483. The van der Waals surface area contributed by atoms with Gasteiger partial charge in [-0.05, 0) is 78.1 Å². The number of likely N-dealkylation sites (N-methyl/N-ethyl adjacent to an activating group) is 1. The number of amides is 1. The summed E-state index contributed by atoms with van der Waals surface area (Å²) in [5.41, 5.74) is 6.09. The van der Waals surface area contributed by atoms with Crippen LogP contribution in [-0.4, -0.2) is 78.0 Å². The molecule has 1 saturated heterocycles. The maximum atomic E-state index is 13.2. The molecule has 2 fully saturated rings. The highest BCUT2D eigenvalue weighted by atomic mass is 16.6. The minimum absolute atomic E-state index is 0.0698. The SMILES string of the molecule is CO[C@@]12CCC(NC(CCC(N)=O)C(=O)OC(C)(C)C)[C@@H]3Oc4c(O)ccc5c4[C@@]31CCN(C)C2C5. The Morgan fingerprint density at radius 1 is 1.33 bits per heavy atom. The largest absolute Gasteiger partial charge is 0.504 e. The summed E-state index contributed by atoms with van der Waals surface area (Å²) in [5, 5.41) is 14.3. The van der Waals surface area contributed by atoms with Gasteiger partial charge in [0, 0.05) is 31.2 Å². The van der Waals surface area contributed by atoms with Crippen molar-refractivity contribution >= 4 is 11.9 Å². The van der Waals surface area contributed by atoms with Crippen LogP contribution in [-0.2, 0) is 30.9 Å². The van der Waals surface area contributed by atoms with Gasteiger partial charge >= 0.3 is 5.97 Å². The van der Waals surface area contributed by atoms with E-state index in [2.05, 4.69) is 17.3 Å². The molecule has 9 nitrogen and oxygen atoms in total. The molecule has 3 unspecified atom stereocenters. The molecule has 1 aromatic rings. The number of esters is 1. The van der Waals surface area contributed by atoms with E-state index in [4.69, 9.17) is 19.9 Å². The van der Waals surface area contributed by atoms with Crippen molar-refractivity contribution in [1.29, 1.82) is 0 Å². The minimum Gasteiger partial charge on any atom is -0.504 e. The molecule has 4 N–H and O–H groups in total. The first kappa shape index (κ1) is 25.3. The number of aromatic hydroxyl groups is 1. The van der Waals surface area contributed by atoms with Crippen molar-refractivity contribution in [2.45, 2.75) is 100 Å². The molecule has 1 aromatic carbocycles. The van der Waals surface area contributed by atoms with Gasteiger partial charge in [0.2, 0.25) is 5.91 Å². The second-order valence-corrected chi connectivity index (χ2v) is 11.9. The lowest BCUT2D eigenvalue weighted by molar-refractivity contribution is -0.204. The van der Waals surface area contributed by atoms with E-state index in [0.717, 1.165) is 31.4 Å². The monoisotopic (exact) mass is 501 g/mol. The molecule has 2 bridgehead atoms. The third-order valence-corrected chi connectivity index (χ3v) is 8.84. The number of benzene rings is 1. The van der Waals surface area contributed by atoms with E-state index >= 15 is 0 Å². The Morgan fingerprint density at radius 2 is 2.08 bits per heavy atom. The van der Waals surface area contributed by atoms with Crippen LogP contribution in [0.2, 0.25) is 0 Å². The molecule has 4 aliphatic rings. The number of rotatable bonds is 7. The van der Waals surface area contributed by atoms with E-state index in [1.54, 1.807) is 13.2 Å². The first-order chi connectivity index (χ1) is 16.9. The number of hydrogen-bond acceptors (Lipinski definition) is 8. The van der Waals surface area contributed by atoms with Gasteiger partial charge in [0.25, 0.3) is 0 Å². The van der Waals surface area contributed by atoms with E-state index in [1.165, 1.54) is 5.56 Å². The summed E-state index contributed by atoms with van der Waals surface area (Å²) in [6, 6.07) is 3.00. The molecule has 36 heavy (non-hydrogen) atoms. The van der Waals surface area contributed by atoms with Crippen molar-refractivity contribution in [3.05, 3.63) is 23.3 Å². The van der Waals surface area contributed by atoms with Crippen molar-refractivity contribution in [1.82, 2.24) is 10.2 Å². The van der Waals surface area contributed by atoms with E-state index in [1.807, 2.05) is 26.8 Å². The molecule has 2 heterocycles. The fraction of sp³-hybridized carbons (Fsp3) is 0.704. The summed E-state index contributed by atoms with van der Waals surface area (Å²) >= 11 is 0. The Hall–Kier alpha value is -2.36. The number of carbonyl (C=O) groups excluding carboxylic acids is 2. The van der Waals surface area contributed by atoms with E-state index in [9.17, 15) is 14.7 Å². The van der Waals surface area contributed by atoms with Gasteiger partial charge in [0.05, 0.1) is 11.0 Å². The topological polar surface area (TPSA) is 123 Å². The zero-order chi connectivity index (χ0) is 26.0. The van der Waals surface area contributed by atoms with Gasteiger partial charge < -0.3 is 30.0 Å². The highest BCUT2D eigenvalue weighted by Gasteiger charge is 2.73. The third kappa shape index (κ3) is 3.62. The van der Waals surface area contributed by atoms with Crippen LogP contribution in [0.15, 0.2) is 12.1 Å². The second kappa shape index (κ2) is 8.60. The summed E-state index contributed by atoms with van der Waals surface area (Å²) in [6.45, 7) is 6.35. The van der Waals surface area contributed by atoms with Gasteiger partial charge in [-0.2, -0.15) is 0 Å². The van der Waals surface area contributed by atoms with Crippen LogP contribution in [0.5, 0.6) is 11.5 Å². The number of phenolic OH excluding ortho intramolecular Hbond substituents is 1. The number of hydrogen-bond donors (Lipinski definition) is 3. The number of carbonyl (C=O) groups is 2. The number of piperidine rings is 1. The molecule has 0 radical (unpaired) electrons. The average Bonchev–Trinajstić information content (AvgIpc) is 3.16. The van der Waals surface area contributed by atoms with Gasteiger partial charge in [0.1, 0.15) is 17.7 Å². The molecule has 6 atom stereocenters. The molecule has 5 rings (SSSR count). The predicted octanol–water partition coefficient (Wildman–Crippen LogP) is 1.76. The Bertz CT molecular complexity index is 1070. The minimum atomic E-state index is -0.709. The van der Waals surface area contributed by atoms with Crippen molar-refractivity contribution < 1.29 is 28.9 Å². The van der Waals surface area contributed by atoms with Crippen LogP contribution >= 0.6 is 0 Å². The number of phenols is 1. The molecular weight excluding hydrogens is 462 g/mol. The van der Waals surface area contributed by atoms with Gasteiger partial charge in [-0.25, -0.2) is 0 Å². The maximum Gasteiger partial charge on any atom is 0.323 e. The maximum absolute atomic E-state index is 13.2. The standard InChI is InChI=1S/C27H39N3O6/c1-25(2,3)36-24(33)17(7-9-20(28)32)29-16-10-11-27(34-5)19-14-15-6-8-18(31)22-21(15)26(27,23(16)35-22)12-13-30(19)4/h6,8,16-17,19,23,29,31H,7,9-14H2,1-5H3,(H2,28,32)/t16?,17?,19?,23-,26-,27+/m0/s1. The lowest BCUT2D eigenvalue weighted by Gasteiger charge is -2.65. The summed E-state index contributed by atoms with van der Waals surface area (Å²) < 4.78 is 18.8. The fourth-order valence-electron chi connectivity index (χ4n) is 7.50. The number of nitrogens with zero attached hydrogens (tertiary/aromatic N) is 1. The normalized spacial score (nSPS) is 33.4. The molecule has 2 aliphatic heterocycles. The third-order valence-electron chi connectivity index (χ3n) is 8.84. The molecule has 2 aliphatic carbocycles. The number of ether oxygens (including phenoxy) is 3. The van der Waals surface area contributed by atoms with Gasteiger partial charge in [-0.15, -0.1) is 0 Å². The van der Waals surface area contributed by atoms with Gasteiger partial charge in [-0.1, -0.05) is 6.07 Å². The summed E-state index contributed by atoms with van der Waals surface area (Å²) in [4.78, 5) is 27.1. The van der Waals surface area contributed by atoms with Crippen molar-refractivity contribution in [2.75, 3.05) is 20.7 Å². The first-order valence-corrected chi connectivity index (χ1v) is 13.0. The number of methoxy groups -OCH3 is 1. The van der Waals surface area contributed by atoms with Crippen molar-refractivity contribution in [3.63, 3.8) is 0 Å². The molecular formula is C27H39N3O6. The fourth-order valence-corrected chi connectivity index (χ4v) is 7.50. The lowest BCUT2D eigenvalue weighted by Crippen LogP contribution is -2.78. The molecule has 1 spiro atoms. The lowest BCUT2D eigenvalue weighted by atomic mass is 9.48. The van der Waals surface area contributed by atoms with Gasteiger partial charge in [0.15, 0.2) is 11.5 Å². The van der Waals surface area contributed by atoms with E-state index < -0.39 is 34.5 Å². The summed E-state index contributed by atoms with van der Waals surface area (Å²) in [5.74, 6) is -0.193. The van der Waals surface area contributed by atoms with Crippen LogP contribution in [0.4, 0.5) is 0 Å². The molecule has 1 saturated carbocycles. The Labute approximate surface area is 212 Å². The summed E-state index contributed by atoms with van der Waals surface area (Å²) in [7, 11) is 3.95. The first-order valence-electron chi connectivity index (χ1n) is 13.0. The van der Waals surface area contributed by atoms with Gasteiger partial charge in [-0.3, -0.25) is 14.9 Å².